The van der Waals surface area contributed by atoms with E-state index in [1.165, 1.54) is 193 Å². The maximum absolute atomic E-state index is 13.1. The molecule has 0 spiro atoms. The summed E-state index contributed by atoms with van der Waals surface area (Å²) in [5.41, 5.74) is 0. The van der Waals surface area contributed by atoms with Crippen LogP contribution in [-0.4, -0.2) is 96.7 Å². The molecular formula is C77H146O17P2. The molecule has 5 atom stereocenters. The Morgan fingerprint density at radius 2 is 0.500 bits per heavy atom. The lowest BCUT2D eigenvalue weighted by atomic mass is 10.0. The van der Waals surface area contributed by atoms with Gasteiger partial charge in [-0.05, 0) is 51.4 Å². The molecule has 0 radical (unpaired) electrons. The summed E-state index contributed by atoms with van der Waals surface area (Å²) in [6.45, 7) is 4.90. The Labute approximate surface area is 586 Å². The molecule has 0 rings (SSSR count). The summed E-state index contributed by atoms with van der Waals surface area (Å²) in [6.07, 6.45) is 64.7. The largest absolute Gasteiger partial charge is 0.472 e. The van der Waals surface area contributed by atoms with Gasteiger partial charge in [-0.15, -0.1) is 0 Å². The Hall–Kier alpha value is -2.46. The van der Waals surface area contributed by atoms with E-state index in [1.807, 2.05) is 0 Å². The van der Waals surface area contributed by atoms with Crippen LogP contribution in [0.15, 0.2) is 24.3 Å². The number of esters is 4. The van der Waals surface area contributed by atoms with Crippen LogP contribution in [0.25, 0.3) is 0 Å². The first-order chi connectivity index (χ1) is 46.7. The van der Waals surface area contributed by atoms with E-state index in [4.69, 9.17) is 37.0 Å². The molecule has 0 fully saturated rings. The summed E-state index contributed by atoms with van der Waals surface area (Å²) < 4.78 is 68.4. The molecule has 0 aromatic rings. The molecule has 0 aromatic carbocycles. The standard InChI is InChI=1S/C77H146O17P2/c1-5-9-13-17-21-25-28-31-33-34-35-36-37-39-42-45-48-52-56-60-64-77(82)94-73(68-88-75(80)62-58-54-50-46-43-41-38-32-29-26-22-18-14-10-6-2)70-92-96(85,86)90-66-71(78)65-89-95(83,84)91-69-72(67-87-74(79)61-57-53-49-24-20-16-12-8-4)93-76(81)63-59-55-51-47-44-40-30-27-23-19-15-11-7-3/h26,29,32,38,71-73,78H,5-25,27-28,30-31,33-37,39-70H2,1-4H3,(H,83,84)(H,85,86)/b29-26-,38-32-/t71-,72+,73+/m0/s1. The third kappa shape index (κ3) is 70.0. The number of allylic oxidation sites excluding steroid dienone is 4. The SMILES string of the molecule is CCCCCC/C=C\C=C/CCCCCCCC(=O)OC[C@H](COP(=O)(O)OC[C@@H](O)COP(=O)(O)OC[C@@H](COC(=O)CCCCCCCCCC)OC(=O)CCCCCCCCCCCCCCC)OC(=O)CCCCCCCCCCCCCCCCCCCCCC. The molecule has 17 nitrogen and oxygen atoms in total. The van der Waals surface area contributed by atoms with E-state index in [2.05, 4.69) is 52.0 Å². The molecule has 2 unspecified atom stereocenters. The Morgan fingerprint density at radius 3 is 0.760 bits per heavy atom. The lowest BCUT2D eigenvalue weighted by molar-refractivity contribution is -0.161. The quantitative estimate of drug-likeness (QED) is 0.0169. The molecule has 0 bridgehead atoms. The van der Waals surface area contributed by atoms with Gasteiger partial charge in [0.1, 0.15) is 19.3 Å². The summed E-state index contributed by atoms with van der Waals surface area (Å²) in [7, 11) is -9.92. The van der Waals surface area contributed by atoms with Crippen LogP contribution in [0.5, 0.6) is 0 Å². The second kappa shape index (κ2) is 71.0. The minimum absolute atomic E-state index is 0.102. The van der Waals surface area contributed by atoms with Gasteiger partial charge in [-0.2, -0.15) is 0 Å². The molecule has 19 heteroatoms. The smallest absolute Gasteiger partial charge is 0.462 e. The van der Waals surface area contributed by atoms with Crippen molar-refractivity contribution in [3.05, 3.63) is 24.3 Å². The molecule has 0 aromatic heterocycles. The van der Waals surface area contributed by atoms with Crippen LogP contribution in [0.3, 0.4) is 0 Å². The van der Waals surface area contributed by atoms with Crippen LogP contribution in [0.2, 0.25) is 0 Å². The first-order valence-corrected chi connectivity index (χ1v) is 42.6. The average molecular weight is 1410 g/mol. The molecule has 0 aliphatic rings. The maximum atomic E-state index is 13.1. The number of phosphoric acid groups is 2. The first-order valence-electron chi connectivity index (χ1n) is 39.6. The van der Waals surface area contributed by atoms with Crippen LogP contribution in [0, 0.1) is 0 Å². The zero-order valence-electron chi connectivity index (χ0n) is 61.8. The Balaban J connectivity index is 5.22. The number of unbranched alkanes of at least 4 members (excludes halogenated alkanes) is 47. The van der Waals surface area contributed by atoms with Gasteiger partial charge in [-0.3, -0.25) is 37.3 Å². The van der Waals surface area contributed by atoms with Crippen molar-refractivity contribution in [2.75, 3.05) is 39.6 Å². The summed E-state index contributed by atoms with van der Waals surface area (Å²) >= 11 is 0. The number of rotatable bonds is 76. The number of hydrogen-bond donors (Lipinski definition) is 3. The number of phosphoric ester groups is 2. The molecule has 0 aliphatic heterocycles. The summed E-state index contributed by atoms with van der Waals surface area (Å²) in [5, 5.41) is 10.6. The molecule has 0 aliphatic carbocycles. The highest BCUT2D eigenvalue weighted by atomic mass is 31.2. The number of aliphatic hydroxyl groups is 1. The van der Waals surface area contributed by atoms with Gasteiger partial charge in [-0.25, -0.2) is 9.13 Å². The normalized spacial score (nSPS) is 14.0. The lowest BCUT2D eigenvalue weighted by Gasteiger charge is -2.21. The van der Waals surface area contributed by atoms with Crippen LogP contribution in [0.1, 0.15) is 387 Å². The van der Waals surface area contributed by atoms with Crippen molar-refractivity contribution >= 4 is 39.5 Å². The Bertz CT molecular complexity index is 1920. The topological polar surface area (TPSA) is 237 Å². The van der Waals surface area contributed by atoms with Gasteiger partial charge in [0.2, 0.25) is 0 Å². The van der Waals surface area contributed by atoms with E-state index < -0.39 is 97.5 Å². The number of carbonyl (C=O) groups is 4. The van der Waals surface area contributed by atoms with Gasteiger partial charge < -0.3 is 33.8 Å². The van der Waals surface area contributed by atoms with Gasteiger partial charge in [-0.1, -0.05) is 335 Å². The predicted octanol–water partition coefficient (Wildman–Crippen LogP) is 22.6. The number of aliphatic hydroxyl groups excluding tert-OH is 1. The molecule has 0 amide bonds. The van der Waals surface area contributed by atoms with Crippen molar-refractivity contribution in [2.45, 2.75) is 406 Å². The fourth-order valence-corrected chi connectivity index (χ4v) is 13.0. The van der Waals surface area contributed by atoms with E-state index in [1.54, 1.807) is 0 Å². The monoisotopic (exact) mass is 1410 g/mol. The van der Waals surface area contributed by atoms with Crippen molar-refractivity contribution in [1.29, 1.82) is 0 Å². The summed E-state index contributed by atoms with van der Waals surface area (Å²) in [5.74, 6) is -2.14. The second-order valence-electron chi connectivity index (χ2n) is 27.1. The van der Waals surface area contributed by atoms with Gasteiger partial charge >= 0.3 is 39.5 Å². The highest BCUT2D eigenvalue weighted by molar-refractivity contribution is 7.47. The Morgan fingerprint density at radius 1 is 0.292 bits per heavy atom. The Kier molecular flexibility index (Phi) is 69.1. The minimum Gasteiger partial charge on any atom is -0.462 e. The van der Waals surface area contributed by atoms with Gasteiger partial charge in [0.15, 0.2) is 12.2 Å². The summed E-state index contributed by atoms with van der Waals surface area (Å²) in [6, 6.07) is 0. The van der Waals surface area contributed by atoms with Gasteiger partial charge in [0.25, 0.3) is 0 Å². The third-order valence-electron chi connectivity index (χ3n) is 17.5. The van der Waals surface area contributed by atoms with Gasteiger partial charge in [0, 0.05) is 25.7 Å². The van der Waals surface area contributed by atoms with E-state index in [0.29, 0.717) is 25.7 Å². The van der Waals surface area contributed by atoms with Crippen molar-refractivity contribution < 1.29 is 80.2 Å². The average Bonchev–Trinajstić information content (AvgIpc) is 1.86. The van der Waals surface area contributed by atoms with Crippen molar-refractivity contribution in [3.63, 3.8) is 0 Å². The van der Waals surface area contributed by atoms with Crippen LogP contribution >= 0.6 is 15.6 Å². The van der Waals surface area contributed by atoms with Crippen molar-refractivity contribution in [3.8, 4) is 0 Å². The molecule has 0 heterocycles. The highest BCUT2D eigenvalue weighted by Crippen LogP contribution is 2.45. The summed E-state index contributed by atoms with van der Waals surface area (Å²) in [4.78, 5) is 72.7. The van der Waals surface area contributed by atoms with E-state index in [9.17, 15) is 43.2 Å². The zero-order chi connectivity index (χ0) is 70.4. The predicted molar refractivity (Wildman–Crippen MR) is 391 cm³/mol. The number of carbonyl (C=O) groups excluding carboxylic acids is 4. The molecule has 0 saturated carbocycles. The highest BCUT2D eigenvalue weighted by Gasteiger charge is 2.30. The lowest BCUT2D eigenvalue weighted by Crippen LogP contribution is -2.30. The fraction of sp³-hybridized carbons (Fsp3) is 0.896. The first kappa shape index (κ1) is 93.5. The van der Waals surface area contributed by atoms with Crippen LogP contribution < -0.4 is 0 Å². The molecule has 3 N–H and O–H groups in total. The van der Waals surface area contributed by atoms with Crippen molar-refractivity contribution in [1.82, 2.24) is 0 Å². The zero-order valence-corrected chi connectivity index (χ0v) is 63.6. The molecule has 96 heavy (non-hydrogen) atoms. The fourth-order valence-electron chi connectivity index (χ4n) is 11.4. The van der Waals surface area contributed by atoms with E-state index >= 15 is 0 Å². The van der Waals surface area contributed by atoms with Crippen molar-refractivity contribution in [2.24, 2.45) is 0 Å². The number of hydrogen-bond acceptors (Lipinski definition) is 15. The van der Waals surface area contributed by atoms with E-state index in [0.717, 1.165) is 116 Å². The minimum atomic E-state index is -4.96. The van der Waals surface area contributed by atoms with E-state index in [-0.39, 0.29) is 25.7 Å². The molecular weight excluding hydrogens is 1260 g/mol. The van der Waals surface area contributed by atoms with Crippen LogP contribution in [-0.2, 0) is 65.4 Å². The third-order valence-corrected chi connectivity index (χ3v) is 19.4. The van der Waals surface area contributed by atoms with Crippen LogP contribution in [0.4, 0.5) is 0 Å². The molecule has 566 valence electrons. The molecule has 0 saturated heterocycles. The van der Waals surface area contributed by atoms with Gasteiger partial charge in [0.05, 0.1) is 26.4 Å². The maximum Gasteiger partial charge on any atom is 0.472 e. The number of ether oxygens (including phenoxy) is 4. The second-order valence-corrected chi connectivity index (χ2v) is 30.0.